The van der Waals surface area contributed by atoms with Crippen molar-refractivity contribution in [3.63, 3.8) is 0 Å². The SMILES string of the molecule is COc1ccc(S(=O)(=O)N2CC[C@H]3CNC[C@H]32)cc1C. The van der Waals surface area contributed by atoms with Crippen molar-refractivity contribution in [3.8, 4) is 5.75 Å². The molecule has 1 aromatic carbocycles. The number of hydrogen-bond donors (Lipinski definition) is 1. The molecule has 0 bridgehead atoms. The number of ether oxygens (including phenoxy) is 1. The number of nitrogens with zero attached hydrogens (tertiary/aromatic N) is 1. The molecule has 6 heteroatoms. The summed E-state index contributed by atoms with van der Waals surface area (Å²) in [6, 6.07) is 5.17. The van der Waals surface area contributed by atoms with Crippen LogP contribution in [0.5, 0.6) is 5.75 Å². The van der Waals surface area contributed by atoms with E-state index in [2.05, 4.69) is 5.32 Å². The lowest BCUT2D eigenvalue weighted by Crippen LogP contribution is -2.39. The van der Waals surface area contributed by atoms with Crippen LogP contribution in [0.2, 0.25) is 0 Å². The molecule has 0 aromatic heterocycles. The maximum absolute atomic E-state index is 12.8. The van der Waals surface area contributed by atoms with Gasteiger partial charge in [-0.3, -0.25) is 0 Å². The molecule has 2 heterocycles. The molecule has 0 spiro atoms. The standard InChI is InChI=1S/C14H20N2O3S/c1-10-7-12(3-4-14(10)19-2)20(17,18)16-6-5-11-8-15-9-13(11)16/h3-4,7,11,13,15H,5-6,8-9H2,1-2H3/t11-,13+/m0/s1. The van der Waals surface area contributed by atoms with Crippen molar-refractivity contribution in [1.29, 1.82) is 0 Å². The predicted molar refractivity (Wildman–Crippen MR) is 76.4 cm³/mol. The molecule has 5 nitrogen and oxygen atoms in total. The van der Waals surface area contributed by atoms with Crippen LogP contribution in [-0.4, -0.2) is 45.5 Å². The Bertz CT molecular complexity index is 615. The minimum absolute atomic E-state index is 0.113. The fraction of sp³-hybridized carbons (Fsp3) is 0.571. The second-order valence-corrected chi connectivity index (χ2v) is 7.41. The predicted octanol–water partition coefficient (Wildman–Crippen LogP) is 0.986. The second kappa shape index (κ2) is 5.02. The van der Waals surface area contributed by atoms with Gasteiger partial charge in [0.25, 0.3) is 0 Å². The van der Waals surface area contributed by atoms with Crippen LogP contribution < -0.4 is 10.1 Å². The summed E-state index contributed by atoms with van der Waals surface area (Å²) in [6.45, 7) is 4.18. The molecule has 0 radical (unpaired) electrons. The van der Waals surface area contributed by atoms with Gasteiger partial charge in [0.1, 0.15) is 5.75 Å². The maximum atomic E-state index is 12.8. The Kier molecular flexibility index (Phi) is 3.48. The summed E-state index contributed by atoms with van der Waals surface area (Å²) in [5.74, 6) is 1.18. The van der Waals surface area contributed by atoms with Gasteiger partial charge in [0.05, 0.1) is 12.0 Å². The van der Waals surface area contributed by atoms with Gasteiger partial charge in [-0.2, -0.15) is 4.31 Å². The first-order valence-electron chi connectivity index (χ1n) is 6.91. The van der Waals surface area contributed by atoms with Crippen LogP contribution in [0.4, 0.5) is 0 Å². The number of rotatable bonds is 3. The van der Waals surface area contributed by atoms with Crippen molar-refractivity contribution in [2.75, 3.05) is 26.7 Å². The first-order valence-corrected chi connectivity index (χ1v) is 8.35. The normalized spacial score (nSPS) is 26.7. The Morgan fingerprint density at radius 2 is 2.15 bits per heavy atom. The highest BCUT2D eigenvalue weighted by molar-refractivity contribution is 7.89. The number of nitrogens with one attached hydrogen (secondary N) is 1. The van der Waals surface area contributed by atoms with Gasteiger partial charge in [0, 0.05) is 19.1 Å². The Morgan fingerprint density at radius 1 is 1.35 bits per heavy atom. The summed E-state index contributed by atoms with van der Waals surface area (Å²) in [6.07, 6.45) is 0.950. The number of hydrogen-bond acceptors (Lipinski definition) is 4. The molecule has 20 heavy (non-hydrogen) atoms. The van der Waals surface area contributed by atoms with E-state index in [0.29, 0.717) is 23.1 Å². The molecule has 2 aliphatic heterocycles. The van der Waals surface area contributed by atoms with E-state index in [-0.39, 0.29) is 6.04 Å². The van der Waals surface area contributed by atoms with E-state index >= 15 is 0 Å². The van der Waals surface area contributed by atoms with Crippen molar-refractivity contribution >= 4 is 10.0 Å². The van der Waals surface area contributed by atoms with Gasteiger partial charge < -0.3 is 10.1 Å². The molecular formula is C14H20N2O3S. The van der Waals surface area contributed by atoms with Gasteiger partial charge in [0.15, 0.2) is 0 Å². The average Bonchev–Trinajstić information content (AvgIpc) is 3.00. The average molecular weight is 296 g/mol. The third-order valence-electron chi connectivity index (χ3n) is 4.37. The van der Waals surface area contributed by atoms with Crippen molar-refractivity contribution in [2.45, 2.75) is 24.3 Å². The summed E-state index contributed by atoms with van der Waals surface area (Å²) in [5, 5.41) is 3.28. The molecule has 2 aliphatic rings. The summed E-state index contributed by atoms with van der Waals surface area (Å²) in [7, 11) is -1.81. The quantitative estimate of drug-likeness (QED) is 0.903. The Morgan fingerprint density at radius 3 is 2.85 bits per heavy atom. The first kappa shape index (κ1) is 13.9. The molecule has 0 unspecified atom stereocenters. The second-order valence-electron chi connectivity index (χ2n) is 5.52. The van der Waals surface area contributed by atoms with Crippen LogP contribution in [0.25, 0.3) is 0 Å². The van der Waals surface area contributed by atoms with Crippen LogP contribution >= 0.6 is 0 Å². The van der Waals surface area contributed by atoms with Gasteiger partial charge in [-0.15, -0.1) is 0 Å². The zero-order valence-corrected chi connectivity index (χ0v) is 12.6. The molecule has 3 rings (SSSR count). The highest BCUT2D eigenvalue weighted by atomic mass is 32.2. The van der Waals surface area contributed by atoms with Crippen LogP contribution in [0.15, 0.2) is 23.1 Å². The monoisotopic (exact) mass is 296 g/mol. The highest BCUT2D eigenvalue weighted by Gasteiger charge is 2.43. The molecule has 110 valence electrons. The lowest BCUT2D eigenvalue weighted by Gasteiger charge is -2.23. The molecule has 1 N–H and O–H groups in total. The fourth-order valence-corrected chi connectivity index (χ4v) is 5.04. The molecule has 2 saturated heterocycles. The Labute approximate surface area is 120 Å². The Hall–Kier alpha value is -1.11. The van der Waals surface area contributed by atoms with E-state index in [1.165, 1.54) is 0 Å². The zero-order valence-electron chi connectivity index (χ0n) is 11.8. The minimum atomic E-state index is -3.40. The van der Waals surface area contributed by atoms with Gasteiger partial charge in [-0.25, -0.2) is 8.42 Å². The summed E-state index contributed by atoms with van der Waals surface area (Å²) in [4.78, 5) is 0.364. The number of fused-ring (bicyclic) bond motifs is 1. The Balaban J connectivity index is 1.94. The minimum Gasteiger partial charge on any atom is -0.496 e. The molecule has 0 amide bonds. The molecule has 0 saturated carbocycles. The van der Waals surface area contributed by atoms with E-state index in [0.717, 1.165) is 25.1 Å². The lowest BCUT2D eigenvalue weighted by atomic mass is 10.1. The number of methoxy groups -OCH3 is 1. The van der Waals surface area contributed by atoms with Crippen LogP contribution in [0.3, 0.4) is 0 Å². The molecular weight excluding hydrogens is 276 g/mol. The van der Waals surface area contributed by atoms with Crippen molar-refractivity contribution < 1.29 is 13.2 Å². The largest absolute Gasteiger partial charge is 0.496 e. The van der Waals surface area contributed by atoms with E-state index in [1.54, 1.807) is 29.6 Å². The van der Waals surface area contributed by atoms with Crippen LogP contribution in [0, 0.1) is 12.8 Å². The van der Waals surface area contributed by atoms with E-state index in [4.69, 9.17) is 4.74 Å². The zero-order chi connectivity index (χ0) is 14.3. The summed E-state index contributed by atoms with van der Waals surface area (Å²) >= 11 is 0. The van der Waals surface area contributed by atoms with Gasteiger partial charge in [0.2, 0.25) is 10.0 Å². The third-order valence-corrected chi connectivity index (χ3v) is 6.29. The number of sulfonamides is 1. The third kappa shape index (κ3) is 2.12. The van der Waals surface area contributed by atoms with Gasteiger partial charge >= 0.3 is 0 Å². The molecule has 2 atom stereocenters. The van der Waals surface area contributed by atoms with Crippen LogP contribution in [0.1, 0.15) is 12.0 Å². The van der Waals surface area contributed by atoms with Crippen molar-refractivity contribution in [1.82, 2.24) is 9.62 Å². The van der Waals surface area contributed by atoms with Crippen molar-refractivity contribution in [3.05, 3.63) is 23.8 Å². The smallest absolute Gasteiger partial charge is 0.243 e. The highest BCUT2D eigenvalue weighted by Crippen LogP contribution is 2.33. The summed E-state index contributed by atoms with van der Waals surface area (Å²) < 4.78 is 32.4. The van der Waals surface area contributed by atoms with E-state index < -0.39 is 10.0 Å². The first-order chi connectivity index (χ1) is 9.54. The van der Waals surface area contributed by atoms with Gasteiger partial charge in [-0.1, -0.05) is 0 Å². The molecule has 2 fully saturated rings. The number of benzene rings is 1. The van der Waals surface area contributed by atoms with E-state index in [1.807, 2.05) is 6.92 Å². The number of aryl methyl sites for hydroxylation is 1. The molecule has 0 aliphatic carbocycles. The lowest BCUT2D eigenvalue weighted by molar-refractivity contribution is 0.382. The van der Waals surface area contributed by atoms with Crippen LogP contribution in [-0.2, 0) is 10.0 Å². The van der Waals surface area contributed by atoms with E-state index in [9.17, 15) is 8.42 Å². The fourth-order valence-electron chi connectivity index (χ4n) is 3.25. The maximum Gasteiger partial charge on any atom is 0.243 e. The molecule has 1 aromatic rings. The van der Waals surface area contributed by atoms with Crippen molar-refractivity contribution in [2.24, 2.45) is 5.92 Å². The summed E-state index contributed by atoms with van der Waals surface area (Å²) in [5.41, 5.74) is 0.842. The van der Waals surface area contributed by atoms with Gasteiger partial charge in [-0.05, 0) is 49.6 Å². The topological polar surface area (TPSA) is 58.6 Å².